The highest BCUT2D eigenvalue weighted by atomic mass is 35.5. The van der Waals surface area contributed by atoms with Crippen molar-refractivity contribution >= 4 is 58.5 Å². The van der Waals surface area contributed by atoms with Gasteiger partial charge in [0, 0.05) is 26.9 Å². The number of anilines is 2. The quantitative estimate of drug-likeness (QED) is 0.0985. The average molecular weight is 648 g/mol. The minimum atomic E-state index is -0.493. The van der Waals surface area contributed by atoms with Crippen LogP contribution in [-0.4, -0.2) is 23.0 Å². The van der Waals surface area contributed by atoms with E-state index in [1.807, 2.05) is 55.5 Å². The Hall–Kier alpha value is -5.31. The molecule has 0 heterocycles. The summed E-state index contributed by atoms with van der Waals surface area (Å²) in [6.07, 6.45) is 1.58. The topological polar surface area (TPSA) is 96.5 Å². The van der Waals surface area contributed by atoms with Gasteiger partial charge >= 0.3 is 0 Å². The van der Waals surface area contributed by atoms with E-state index < -0.39 is 11.8 Å². The lowest BCUT2D eigenvalue weighted by Crippen LogP contribution is -2.30. The van der Waals surface area contributed by atoms with Crippen molar-refractivity contribution in [3.8, 4) is 11.5 Å². The Balaban J connectivity index is 1.18. The lowest BCUT2D eigenvalue weighted by Gasteiger charge is -2.14. The number of rotatable bonds is 11. The third-order valence-corrected chi connectivity index (χ3v) is 7.97. The van der Waals surface area contributed by atoms with Crippen molar-refractivity contribution < 1.29 is 19.1 Å². The molecule has 0 radical (unpaired) electrons. The summed E-state index contributed by atoms with van der Waals surface area (Å²) >= 11 is 7.40. The molecular formula is C37H30ClN3O4S. The van der Waals surface area contributed by atoms with Crippen molar-refractivity contribution in [1.29, 1.82) is 0 Å². The number of amides is 3. The molecule has 0 saturated carbocycles. The van der Waals surface area contributed by atoms with Gasteiger partial charge in [0.2, 0.25) is 5.91 Å². The number of nitrogens with one attached hydrogen (secondary N) is 3. The molecule has 3 N–H and O–H groups in total. The van der Waals surface area contributed by atoms with Crippen LogP contribution in [0.5, 0.6) is 11.5 Å². The molecule has 1 unspecified atom stereocenters. The summed E-state index contributed by atoms with van der Waals surface area (Å²) in [5.41, 5.74) is 2.38. The highest BCUT2D eigenvalue weighted by Crippen LogP contribution is 2.27. The fourth-order valence-corrected chi connectivity index (χ4v) is 5.21. The molecule has 9 heteroatoms. The first kappa shape index (κ1) is 32.1. The summed E-state index contributed by atoms with van der Waals surface area (Å²) in [4.78, 5) is 39.9. The number of ether oxygens (including phenoxy) is 1. The smallest absolute Gasteiger partial charge is 0.272 e. The minimum Gasteiger partial charge on any atom is -0.457 e. The van der Waals surface area contributed by atoms with Gasteiger partial charge in [-0.1, -0.05) is 60.1 Å². The monoisotopic (exact) mass is 647 g/mol. The van der Waals surface area contributed by atoms with Crippen LogP contribution in [0.25, 0.3) is 6.08 Å². The predicted molar refractivity (Wildman–Crippen MR) is 185 cm³/mol. The summed E-state index contributed by atoms with van der Waals surface area (Å²) in [5, 5.41) is 8.67. The van der Waals surface area contributed by atoms with Crippen molar-refractivity contribution in [3.63, 3.8) is 0 Å². The Morgan fingerprint density at radius 1 is 0.696 bits per heavy atom. The Labute approximate surface area is 276 Å². The molecule has 0 aliphatic heterocycles. The number of carbonyl (C=O) groups excluding carboxylic acids is 3. The molecule has 0 aliphatic carbocycles. The number of carbonyl (C=O) groups is 3. The highest BCUT2D eigenvalue weighted by Gasteiger charge is 2.17. The van der Waals surface area contributed by atoms with Gasteiger partial charge in [0.15, 0.2) is 0 Å². The summed E-state index contributed by atoms with van der Waals surface area (Å²) in [6, 6.07) is 39.4. The van der Waals surface area contributed by atoms with Crippen molar-refractivity contribution in [2.45, 2.75) is 17.1 Å². The molecular weight excluding hydrogens is 618 g/mol. The van der Waals surface area contributed by atoms with Crippen LogP contribution in [0.4, 0.5) is 11.4 Å². The maximum atomic E-state index is 13.3. The summed E-state index contributed by atoms with van der Waals surface area (Å²) in [5.74, 6) is 0.355. The molecule has 5 aromatic carbocycles. The molecule has 1 atom stereocenters. The predicted octanol–water partition coefficient (Wildman–Crippen LogP) is 8.66. The second kappa shape index (κ2) is 15.6. The Morgan fingerprint density at radius 2 is 1.26 bits per heavy atom. The van der Waals surface area contributed by atoms with Crippen molar-refractivity contribution in [2.75, 3.05) is 10.6 Å². The van der Waals surface area contributed by atoms with E-state index in [2.05, 4.69) is 16.0 Å². The standard InChI is InChI=1S/C37H30ClN3O4S/c1-25(35(42)39-29-16-20-32(21-17-29)45-31-10-6-3-7-11-31)46-33-22-18-30(19-23-33)40-37(44)34(24-26-12-14-28(38)15-13-26)41-36(43)27-8-4-2-5-9-27/h2-25H,1H3,(H,39,42)(H,40,44)(H,41,43)/b34-24-. The van der Waals surface area contributed by atoms with Gasteiger partial charge in [0.1, 0.15) is 17.2 Å². The zero-order valence-electron chi connectivity index (χ0n) is 24.8. The zero-order valence-corrected chi connectivity index (χ0v) is 26.3. The fourth-order valence-electron chi connectivity index (χ4n) is 4.22. The summed E-state index contributed by atoms with van der Waals surface area (Å²) in [6.45, 7) is 1.83. The second-order valence-corrected chi connectivity index (χ2v) is 11.9. The van der Waals surface area contributed by atoms with E-state index in [9.17, 15) is 14.4 Å². The zero-order chi connectivity index (χ0) is 32.3. The van der Waals surface area contributed by atoms with Crippen molar-refractivity contribution in [1.82, 2.24) is 5.32 Å². The molecule has 0 spiro atoms. The van der Waals surface area contributed by atoms with E-state index in [4.69, 9.17) is 16.3 Å². The van der Waals surface area contributed by atoms with Crippen LogP contribution < -0.4 is 20.7 Å². The first-order chi connectivity index (χ1) is 22.3. The molecule has 0 fully saturated rings. The number of thioether (sulfide) groups is 1. The number of benzene rings is 5. The van der Waals surface area contributed by atoms with Crippen LogP contribution in [0.3, 0.4) is 0 Å². The summed E-state index contributed by atoms with van der Waals surface area (Å²) in [7, 11) is 0. The van der Waals surface area contributed by atoms with E-state index in [1.54, 1.807) is 91.0 Å². The van der Waals surface area contributed by atoms with Crippen LogP contribution in [0.1, 0.15) is 22.8 Å². The van der Waals surface area contributed by atoms with Gasteiger partial charge < -0.3 is 20.7 Å². The van der Waals surface area contributed by atoms with E-state index in [0.717, 1.165) is 10.6 Å². The number of hydrogen-bond acceptors (Lipinski definition) is 5. The first-order valence-corrected chi connectivity index (χ1v) is 15.6. The molecule has 7 nitrogen and oxygen atoms in total. The van der Waals surface area contributed by atoms with Crippen LogP contribution in [0, 0.1) is 0 Å². The van der Waals surface area contributed by atoms with Gasteiger partial charge in [-0.3, -0.25) is 14.4 Å². The van der Waals surface area contributed by atoms with Crippen molar-refractivity contribution in [2.24, 2.45) is 0 Å². The van der Waals surface area contributed by atoms with Gasteiger partial charge in [-0.05, 0) is 103 Å². The van der Waals surface area contributed by atoms with E-state index in [0.29, 0.717) is 33.3 Å². The van der Waals surface area contributed by atoms with E-state index in [1.165, 1.54) is 11.8 Å². The first-order valence-electron chi connectivity index (χ1n) is 14.4. The largest absolute Gasteiger partial charge is 0.457 e. The van der Waals surface area contributed by atoms with Crippen LogP contribution in [-0.2, 0) is 9.59 Å². The lowest BCUT2D eigenvalue weighted by molar-refractivity contribution is -0.115. The van der Waals surface area contributed by atoms with Gasteiger partial charge in [0.05, 0.1) is 5.25 Å². The van der Waals surface area contributed by atoms with Crippen LogP contribution in [0.2, 0.25) is 5.02 Å². The average Bonchev–Trinajstić information content (AvgIpc) is 3.08. The normalized spacial score (nSPS) is 11.7. The highest BCUT2D eigenvalue weighted by molar-refractivity contribution is 8.00. The molecule has 5 aromatic rings. The maximum absolute atomic E-state index is 13.3. The maximum Gasteiger partial charge on any atom is 0.272 e. The van der Waals surface area contributed by atoms with Gasteiger partial charge in [-0.25, -0.2) is 0 Å². The molecule has 5 rings (SSSR count). The molecule has 0 bridgehead atoms. The van der Waals surface area contributed by atoms with Crippen LogP contribution in [0.15, 0.2) is 144 Å². The molecule has 0 aliphatic rings. The van der Waals surface area contributed by atoms with Gasteiger partial charge in [-0.2, -0.15) is 0 Å². The Kier molecular flexibility index (Phi) is 10.9. The molecule has 46 heavy (non-hydrogen) atoms. The van der Waals surface area contributed by atoms with E-state index >= 15 is 0 Å². The number of para-hydroxylation sites is 1. The summed E-state index contributed by atoms with van der Waals surface area (Å²) < 4.78 is 5.81. The van der Waals surface area contributed by atoms with Crippen LogP contribution >= 0.6 is 23.4 Å². The SMILES string of the molecule is CC(Sc1ccc(NC(=O)/C(=C/c2ccc(Cl)cc2)NC(=O)c2ccccc2)cc1)C(=O)Nc1ccc(Oc2ccccc2)cc1. The Morgan fingerprint density at radius 3 is 1.91 bits per heavy atom. The molecule has 0 aromatic heterocycles. The third-order valence-electron chi connectivity index (χ3n) is 6.60. The molecule has 0 saturated heterocycles. The minimum absolute atomic E-state index is 0.0691. The van der Waals surface area contributed by atoms with E-state index in [-0.39, 0.29) is 16.9 Å². The third kappa shape index (κ3) is 9.34. The second-order valence-electron chi connectivity index (χ2n) is 10.1. The lowest BCUT2D eigenvalue weighted by atomic mass is 10.1. The molecule has 3 amide bonds. The number of halogens is 1. The van der Waals surface area contributed by atoms with Gasteiger partial charge in [-0.15, -0.1) is 11.8 Å². The Bertz CT molecular complexity index is 1810. The number of hydrogen-bond donors (Lipinski definition) is 3. The van der Waals surface area contributed by atoms with Crippen molar-refractivity contribution in [3.05, 3.63) is 155 Å². The molecule has 230 valence electrons. The fraction of sp³-hybridized carbons (Fsp3) is 0.0541. The van der Waals surface area contributed by atoms with Gasteiger partial charge in [0.25, 0.3) is 11.8 Å².